The van der Waals surface area contributed by atoms with E-state index in [1.54, 1.807) is 24.3 Å². The minimum atomic E-state index is -1.17. The minimum absolute atomic E-state index is 0.0230. The molecule has 5 aliphatic rings. The molecule has 0 saturated heterocycles. The zero-order valence-electron chi connectivity index (χ0n) is 50.9. The molecule has 94 heavy (non-hydrogen) atoms. The average Bonchev–Trinajstić information content (AvgIpc) is 1.65. The van der Waals surface area contributed by atoms with Gasteiger partial charge in [0.1, 0.15) is 0 Å². The number of carboxylic acids is 2. The fraction of sp³-hybridized carbons (Fsp3) is 0.365. The Labute approximate surface area is 546 Å². The number of anilines is 1. The normalized spacial score (nSPS) is 15.6. The molecule has 10 rings (SSSR count). The Morgan fingerprint density at radius 2 is 0.755 bits per heavy atom. The molecule has 5 aliphatic carbocycles. The number of Topliss-reactive ketones (excluding diaryl/α,β-unsaturated/α-hetero) is 4. The van der Waals surface area contributed by atoms with E-state index >= 15 is 0 Å². The van der Waals surface area contributed by atoms with Crippen molar-refractivity contribution in [3.05, 3.63) is 190 Å². The van der Waals surface area contributed by atoms with E-state index in [4.69, 9.17) is 36.1 Å². The molecule has 0 unspecified atom stereocenters. The number of non-ortho nitro benzene ring substituents is 4. The van der Waals surface area contributed by atoms with Crippen molar-refractivity contribution in [1.82, 2.24) is 0 Å². The van der Waals surface area contributed by atoms with Crippen LogP contribution in [-0.4, -0.2) is 107 Å². The van der Waals surface area contributed by atoms with Gasteiger partial charge in [-0.2, -0.15) is 0 Å². The molecular weight excluding hydrogens is 1350 g/mol. The summed E-state index contributed by atoms with van der Waals surface area (Å²) in [6.45, 7) is 2.33. The number of aliphatic carboxylic acids is 1. The number of nitrogens with zero attached hydrogens (tertiary/aromatic N) is 4. The molecule has 2 amide bonds. The van der Waals surface area contributed by atoms with E-state index < -0.39 is 59.2 Å². The molecule has 5 aromatic rings. The number of nitrogen functional groups attached to an aromatic ring is 1. The van der Waals surface area contributed by atoms with Crippen LogP contribution in [0, 0.1) is 67.5 Å². The number of hydrogen-bond acceptors (Lipinski definition) is 22. The number of nitrogens with two attached hydrogens (primary N) is 4. The van der Waals surface area contributed by atoms with Crippen LogP contribution >= 0.6 is 0 Å². The molecule has 0 radical (unpaired) electrons. The first-order chi connectivity index (χ1) is 44.3. The number of ether oxygens (including phenoxy) is 2. The number of nitro benzene ring substituents is 4. The average molecular weight is 1420 g/mol. The Morgan fingerprint density at radius 3 is 1.02 bits per heavy atom. The Morgan fingerprint density at radius 1 is 0.457 bits per heavy atom. The van der Waals surface area contributed by atoms with Crippen LogP contribution in [0.4, 0.5) is 28.4 Å². The van der Waals surface area contributed by atoms with Crippen LogP contribution in [0.15, 0.2) is 121 Å². The zero-order valence-corrected chi connectivity index (χ0v) is 53.1. The van der Waals surface area contributed by atoms with Gasteiger partial charge in [0.15, 0.2) is 23.1 Å². The molecule has 0 spiro atoms. The van der Waals surface area contributed by atoms with Crippen LogP contribution in [0.1, 0.15) is 149 Å². The second kappa shape index (κ2) is 32.3. The van der Waals surface area contributed by atoms with Crippen LogP contribution in [-0.2, 0) is 33.4 Å². The summed E-state index contributed by atoms with van der Waals surface area (Å²) in [5.74, 6) is -4.37. The molecule has 0 heterocycles. The first-order valence-electron chi connectivity index (χ1n) is 28.8. The minimum Gasteiger partial charge on any atom is -0.481 e. The van der Waals surface area contributed by atoms with Gasteiger partial charge in [0.2, 0.25) is 11.8 Å². The van der Waals surface area contributed by atoms with Crippen molar-refractivity contribution in [2.24, 2.45) is 42.5 Å². The fourth-order valence-corrected chi connectivity index (χ4v) is 11.1. The number of nitro groups is 4. The van der Waals surface area contributed by atoms with E-state index in [9.17, 15) is 88.4 Å². The Bertz CT molecular complexity index is 3650. The maximum atomic E-state index is 12.1. The number of halogens is 1. The first-order valence-corrected chi connectivity index (χ1v) is 31.6. The van der Waals surface area contributed by atoms with E-state index in [1.165, 1.54) is 98.1 Å². The van der Waals surface area contributed by atoms with Gasteiger partial charge in [-0.1, -0.05) is 54.6 Å². The summed E-state index contributed by atoms with van der Waals surface area (Å²) in [6.07, 6.45) is 7.05. The van der Waals surface area contributed by atoms with Crippen molar-refractivity contribution >= 4 is 87.3 Å². The number of benzene rings is 5. The van der Waals surface area contributed by atoms with Gasteiger partial charge < -0.3 is 32.2 Å². The number of primary amides is 2. The number of methoxy groups -OCH3 is 1. The predicted octanol–water partition coefficient (Wildman–Crippen LogP) is 5.28. The monoisotopic (exact) mass is 1420 g/mol. The number of rotatable bonds is 25. The van der Waals surface area contributed by atoms with Crippen LogP contribution in [0.25, 0.3) is 0 Å². The number of aromatic carboxylic acids is 1. The number of amides is 2. The maximum absolute atomic E-state index is 12.1. The second-order valence-electron chi connectivity index (χ2n) is 23.0. The van der Waals surface area contributed by atoms with Gasteiger partial charge in [-0.05, 0) is 69.6 Å². The number of alkyl halides is 1. The smallest absolute Gasteiger partial charge is 0.335 e. The molecular formula is C63H68IN8O22-. The van der Waals surface area contributed by atoms with Gasteiger partial charge in [-0.25, -0.2) is 4.79 Å². The SMILES string of the molecule is CCOC(=O)C1(C[I-]N)CC1.COC(=O)C1(CC(=O)c2cccc([N+](=O)[O-])c2)CC1.NC(=O)C1(CC(=O)c2cccc(N)c2)CC1.NC(=O)C1(CC(=O)c2cccc([N+](=O)[O-])c2)CC1.O=C(CC1(C(=O)O)CC1)c1cccc([N+](=O)[O-])c1.O=C(O)c1cccc([N+](=O)[O-])c1. The summed E-state index contributed by atoms with van der Waals surface area (Å²) in [5, 5.41) is 59.5. The van der Waals surface area contributed by atoms with Crippen molar-refractivity contribution in [2.75, 3.05) is 23.9 Å². The Balaban J connectivity index is 0.000000206. The fourth-order valence-electron chi connectivity index (χ4n) is 9.22. The number of carboxylic acid groups (broad SMARTS) is 2. The van der Waals surface area contributed by atoms with Crippen molar-refractivity contribution < 1.29 is 109 Å². The number of hydrogen-bond donors (Lipinski definition) is 6. The summed E-state index contributed by atoms with van der Waals surface area (Å²) in [6, 6.07) is 28.1. The Hall–Kier alpha value is -10.3. The van der Waals surface area contributed by atoms with Gasteiger partial charge in [0.05, 0.1) is 54.0 Å². The number of carbonyl (C=O) groups is 10. The summed E-state index contributed by atoms with van der Waals surface area (Å²) >= 11 is -0.266. The third-order valence-corrected chi connectivity index (χ3v) is 18.0. The molecule has 5 aromatic carbocycles. The summed E-state index contributed by atoms with van der Waals surface area (Å²) in [4.78, 5) is 154. The van der Waals surface area contributed by atoms with E-state index in [2.05, 4.69) is 4.74 Å². The van der Waals surface area contributed by atoms with E-state index in [0.717, 1.165) is 36.2 Å². The molecule has 500 valence electrons. The van der Waals surface area contributed by atoms with E-state index in [1.807, 2.05) is 6.92 Å². The van der Waals surface area contributed by atoms with Gasteiger partial charge in [0.25, 0.3) is 22.7 Å². The molecule has 10 N–H and O–H groups in total. The van der Waals surface area contributed by atoms with Gasteiger partial charge in [0, 0.05) is 102 Å². The van der Waals surface area contributed by atoms with E-state index in [0.29, 0.717) is 56.4 Å². The topological polar surface area (TPSA) is 506 Å². The first kappa shape index (κ1) is 74.4. The standard InChI is InChI=1S/C13H13NO5.C12H12N2O4.C12H14N2O2.C12H11NO5.C7H13INO2.C7H5NO4/c1-19-12(16)13(5-6-13)8-11(15)9-3-2-4-10(7-9)14(17)18;13-11(16)12(4-5-12)7-10(15)8-2-1-3-9(6-8)14(17)18;13-9-3-1-2-8(6-9)10(15)7-12(4-5-12)11(14)16;14-10(7-12(4-5-12)11(15)16)8-2-1-3-9(6-8)13(17)18;1-2-11-6(10)7(3-4-7)5-8-9;9-7(10)5-2-1-3-6(4-5)8(11)12/h2-4,7H,5-6,8H2,1H3;1-3,6H,4-5,7H2,(H2,13,16);1-3,6H,4-5,7,13H2,(H2,14,16);1-3,6H,4-5,7H2,(H,15,16);2-5,9H2,1H3;1-4H,(H,9,10)/q;;;;-1;. The van der Waals surface area contributed by atoms with Crippen molar-refractivity contribution in [1.29, 1.82) is 0 Å². The number of carbonyl (C=O) groups excluding carboxylic acids is 8. The molecule has 0 bridgehead atoms. The molecule has 30 nitrogen and oxygen atoms in total. The third-order valence-electron chi connectivity index (χ3n) is 16.1. The summed E-state index contributed by atoms with van der Waals surface area (Å²) in [5.41, 5.74) is 14.1. The van der Waals surface area contributed by atoms with E-state index in [-0.39, 0.29) is 139 Å². The van der Waals surface area contributed by atoms with Gasteiger partial charge in [-0.3, -0.25) is 78.8 Å². The molecule has 0 atom stereocenters. The third kappa shape index (κ3) is 20.9. The molecule has 5 saturated carbocycles. The Kier molecular flexibility index (Phi) is 25.6. The molecule has 5 fully saturated rings. The van der Waals surface area contributed by atoms with Gasteiger partial charge in [-0.15, -0.1) is 0 Å². The van der Waals surface area contributed by atoms with Crippen LogP contribution in [0.5, 0.6) is 0 Å². The van der Waals surface area contributed by atoms with Gasteiger partial charge >= 0.3 is 95.0 Å². The molecule has 0 aliphatic heterocycles. The van der Waals surface area contributed by atoms with Crippen molar-refractivity contribution in [3.63, 3.8) is 0 Å². The number of ketones is 4. The largest absolute Gasteiger partial charge is 0.481 e. The predicted molar refractivity (Wildman–Crippen MR) is 328 cm³/mol. The van der Waals surface area contributed by atoms with Crippen molar-refractivity contribution in [2.45, 2.75) is 96.8 Å². The quantitative estimate of drug-likeness (QED) is 0.00632. The van der Waals surface area contributed by atoms with Crippen LogP contribution in [0.3, 0.4) is 0 Å². The zero-order chi connectivity index (χ0) is 69.9. The second-order valence-corrected chi connectivity index (χ2v) is 24.6. The summed E-state index contributed by atoms with van der Waals surface area (Å²) < 4.78 is 16.0. The van der Waals surface area contributed by atoms with Crippen LogP contribution < -0.4 is 42.6 Å². The van der Waals surface area contributed by atoms with Crippen molar-refractivity contribution in [3.8, 4) is 0 Å². The molecule has 0 aromatic heterocycles. The summed E-state index contributed by atoms with van der Waals surface area (Å²) in [7, 11) is 1.29. The molecule has 31 heteroatoms. The maximum Gasteiger partial charge on any atom is 0.335 e. The van der Waals surface area contributed by atoms with Crippen LogP contribution in [0.2, 0.25) is 0 Å². The number of esters is 2.